The van der Waals surface area contributed by atoms with Crippen LogP contribution in [0.3, 0.4) is 0 Å². The lowest BCUT2D eigenvalue weighted by Gasteiger charge is -2.11. The Hall–Kier alpha value is -3.45. The zero-order chi connectivity index (χ0) is 21.5. The lowest BCUT2D eigenvalue weighted by molar-refractivity contribution is 0.0472. The number of aryl methyl sites for hydroxylation is 1. The number of pyridine rings is 1. The van der Waals surface area contributed by atoms with Crippen LogP contribution in [0.15, 0.2) is 54.9 Å². The molecule has 0 atom stereocenters. The van der Waals surface area contributed by atoms with Gasteiger partial charge >= 0.3 is 5.97 Å². The second-order valence-electron chi connectivity index (χ2n) is 6.72. The quantitative estimate of drug-likeness (QED) is 0.394. The van der Waals surface area contributed by atoms with Gasteiger partial charge in [0.15, 0.2) is 6.61 Å². The Kier molecular flexibility index (Phi) is 6.98. The number of carbonyl (C=O) groups is 2. The van der Waals surface area contributed by atoms with Crippen molar-refractivity contribution in [1.29, 1.82) is 0 Å². The fourth-order valence-electron chi connectivity index (χ4n) is 3.16. The monoisotopic (exact) mass is 408 g/mol. The minimum atomic E-state index is -0.629. The highest BCUT2D eigenvalue weighted by Gasteiger charge is 2.19. The fourth-order valence-corrected chi connectivity index (χ4v) is 3.16. The number of benzene rings is 1. The van der Waals surface area contributed by atoms with Gasteiger partial charge in [-0.3, -0.25) is 9.78 Å². The Morgan fingerprint density at radius 3 is 2.60 bits per heavy atom. The van der Waals surface area contributed by atoms with E-state index in [0.29, 0.717) is 30.2 Å². The zero-order valence-corrected chi connectivity index (χ0v) is 17.3. The number of methoxy groups -OCH3 is 1. The summed E-state index contributed by atoms with van der Waals surface area (Å²) in [5.41, 5.74) is 2.55. The van der Waals surface area contributed by atoms with Crippen LogP contribution in [0.1, 0.15) is 32.1 Å². The third-order valence-electron chi connectivity index (χ3n) is 4.70. The number of hydrogen-bond donors (Lipinski definition) is 0. The molecule has 0 fully saturated rings. The number of carbonyl (C=O) groups excluding carboxylic acids is 2. The van der Waals surface area contributed by atoms with Crippen molar-refractivity contribution in [2.75, 3.05) is 20.3 Å². The molecule has 1 aromatic carbocycles. The van der Waals surface area contributed by atoms with Crippen molar-refractivity contribution in [3.63, 3.8) is 0 Å². The molecule has 0 N–H and O–H groups in total. The zero-order valence-electron chi connectivity index (χ0n) is 17.3. The van der Waals surface area contributed by atoms with E-state index in [1.165, 1.54) is 0 Å². The molecular formula is C23H24N2O5. The summed E-state index contributed by atoms with van der Waals surface area (Å²) in [5, 5.41) is 0. The molecule has 3 rings (SSSR count). The Balaban J connectivity index is 1.68. The molecule has 0 saturated carbocycles. The molecule has 0 amide bonds. The summed E-state index contributed by atoms with van der Waals surface area (Å²) in [6, 6.07) is 12.0. The maximum absolute atomic E-state index is 12.7. The van der Waals surface area contributed by atoms with E-state index in [4.69, 9.17) is 14.2 Å². The first-order valence-corrected chi connectivity index (χ1v) is 9.54. The maximum Gasteiger partial charge on any atom is 0.342 e. The predicted molar refractivity (Wildman–Crippen MR) is 111 cm³/mol. The van der Waals surface area contributed by atoms with E-state index in [2.05, 4.69) is 4.98 Å². The summed E-state index contributed by atoms with van der Waals surface area (Å²) in [4.78, 5) is 29.2. The molecule has 0 saturated heterocycles. The molecule has 0 aliphatic rings. The highest BCUT2D eigenvalue weighted by molar-refractivity contribution is 6.01. The minimum Gasteiger partial charge on any atom is -0.455 e. The van der Waals surface area contributed by atoms with Crippen LogP contribution < -0.4 is 4.74 Å². The normalized spacial score (nSPS) is 10.6. The van der Waals surface area contributed by atoms with Crippen LogP contribution in [0.4, 0.5) is 0 Å². The van der Waals surface area contributed by atoms with Gasteiger partial charge in [-0.15, -0.1) is 0 Å². The van der Waals surface area contributed by atoms with Crippen LogP contribution >= 0.6 is 0 Å². The molecule has 30 heavy (non-hydrogen) atoms. The van der Waals surface area contributed by atoms with Crippen LogP contribution in [0.5, 0.6) is 11.5 Å². The van der Waals surface area contributed by atoms with Crippen molar-refractivity contribution in [2.24, 2.45) is 0 Å². The largest absolute Gasteiger partial charge is 0.455 e. The molecule has 0 bridgehead atoms. The highest BCUT2D eigenvalue weighted by atomic mass is 16.5. The molecule has 2 heterocycles. The molecule has 156 valence electrons. The fraction of sp³-hybridized carbons (Fsp3) is 0.261. The standard InChI is InChI=1S/C23H24N2O5/c1-16-13-20(17(2)25(16)11-12-28-3)21(26)15-29-23(27)19-8-4-5-9-22(19)30-18-7-6-10-24-14-18/h4-10,13-14H,11-12,15H2,1-3H3. The van der Waals surface area contributed by atoms with Crippen molar-refractivity contribution in [3.05, 3.63) is 77.4 Å². The molecule has 7 heteroatoms. The molecule has 0 spiro atoms. The third kappa shape index (κ3) is 4.93. The first-order chi connectivity index (χ1) is 14.5. The number of esters is 1. The van der Waals surface area contributed by atoms with E-state index in [1.807, 2.05) is 18.4 Å². The molecular weight excluding hydrogens is 384 g/mol. The van der Waals surface area contributed by atoms with Crippen LogP contribution in [0.2, 0.25) is 0 Å². The Morgan fingerprint density at radius 2 is 1.87 bits per heavy atom. The van der Waals surface area contributed by atoms with Gasteiger partial charge in [-0.2, -0.15) is 0 Å². The molecule has 0 aliphatic carbocycles. The Morgan fingerprint density at radius 1 is 1.07 bits per heavy atom. The first-order valence-electron chi connectivity index (χ1n) is 9.54. The second kappa shape index (κ2) is 9.84. The van der Waals surface area contributed by atoms with Crippen molar-refractivity contribution < 1.29 is 23.8 Å². The van der Waals surface area contributed by atoms with Gasteiger partial charge in [-0.1, -0.05) is 12.1 Å². The summed E-state index contributed by atoms with van der Waals surface area (Å²) in [6.45, 7) is 4.65. The van der Waals surface area contributed by atoms with Crippen LogP contribution in [0, 0.1) is 13.8 Å². The van der Waals surface area contributed by atoms with Gasteiger partial charge in [-0.05, 0) is 44.2 Å². The number of ether oxygens (including phenoxy) is 3. The summed E-state index contributed by atoms with van der Waals surface area (Å²) < 4.78 is 18.2. The SMILES string of the molecule is COCCn1c(C)cc(C(=O)COC(=O)c2ccccc2Oc2cccnc2)c1C. The number of Topliss-reactive ketones (excluding diaryl/α,β-unsaturated/α-hetero) is 1. The van der Waals surface area contributed by atoms with E-state index in [0.717, 1.165) is 11.4 Å². The minimum absolute atomic E-state index is 0.236. The molecule has 3 aromatic rings. The summed E-state index contributed by atoms with van der Waals surface area (Å²) >= 11 is 0. The Bertz CT molecular complexity index is 1030. The summed E-state index contributed by atoms with van der Waals surface area (Å²) in [5.74, 6) is -0.0557. The number of aromatic nitrogens is 2. The highest BCUT2D eigenvalue weighted by Crippen LogP contribution is 2.25. The van der Waals surface area contributed by atoms with E-state index in [9.17, 15) is 9.59 Å². The lowest BCUT2D eigenvalue weighted by Crippen LogP contribution is -2.16. The van der Waals surface area contributed by atoms with Crippen molar-refractivity contribution in [1.82, 2.24) is 9.55 Å². The second-order valence-corrected chi connectivity index (χ2v) is 6.72. The van der Waals surface area contributed by atoms with Gasteiger partial charge in [0, 0.05) is 36.8 Å². The van der Waals surface area contributed by atoms with Crippen LogP contribution in [-0.4, -0.2) is 41.6 Å². The van der Waals surface area contributed by atoms with Gasteiger partial charge in [-0.25, -0.2) is 4.79 Å². The van der Waals surface area contributed by atoms with Gasteiger partial charge in [0.05, 0.1) is 12.8 Å². The number of hydrogen-bond acceptors (Lipinski definition) is 6. The topological polar surface area (TPSA) is 79.7 Å². The van der Waals surface area contributed by atoms with Gasteiger partial charge in [0.25, 0.3) is 0 Å². The lowest BCUT2D eigenvalue weighted by atomic mass is 10.1. The van der Waals surface area contributed by atoms with Crippen molar-refractivity contribution in [3.8, 4) is 11.5 Å². The van der Waals surface area contributed by atoms with Crippen molar-refractivity contribution >= 4 is 11.8 Å². The van der Waals surface area contributed by atoms with E-state index >= 15 is 0 Å². The van der Waals surface area contributed by atoms with Gasteiger partial charge < -0.3 is 18.8 Å². The number of nitrogens with zero attached hydrogens (tertiary/aromatic N) is 2. The smallest absolute Gasteiger partial charge is 0.342 e. The third-order valence-corrected chi connectivity index (χ3v) is 4.70. The van der Waals surface area contributed by atoms with E-state index in [1.54, 1.807) is 62.0 Å². The molecule has 0 radical (unpaired) electrons. The number of para-hydroxylation sites is 1. The summed E-state index contributed by atoms with van der Waals surface area (Å²) in [7, 11) is 1.63. The summed E-state index contributed by atoms with van der Waals surface area (Å²) in [6.07, 6.45) is 3.18. The number of ketones is 1. The molecule has 0 aliphatic heterocycles. The number of rotatable bonds is 9. The van der Waals surface area contributed by atoms with Crippen LogP contribution in [-0.2, 0) is 16.0 Å². The van der Waals surface area contributed by atoms with Crippen LogP contribution in [0.25, 0.3) is 0 Å². The molecule has 7 nitrogen and oxygen atoms in total. The molecule has 0 unspecified atom stereocenters. The Labute approximate surface area is 175 Å². The predicted octanol–water partition coefficient (Wildman–Crippen LogP) is 3.98. The van der Waals surface area contributed by atoms with E-state index in [-0.39, 0.29) is 18.0 Å². The van der Waals surface area contributed by atoms with Crippen molar-refractivity contribution in [2.45, 2.75) is 20.4 Å². The maximum atomic E-state index is 12.7. The van der Waals surface area contributed by atoms with Gasteiger partial charge in [0.2, 0.25) is 5.78 Å². The average molecular weight is 408 g/mol. The first kappa shape index (κ1) is 21.3. The van der Waals surface area contributed by atoms with Gasteiger partial charge in [0.1, 0.15) is 17.1 Å². The molecule has 2 aromatic heterocycles. The van der Waals surface area contributed by atoms with E-state index < -0.39 is 5.97 Å². The average Bonchev–Trinajstić information content (AvgIpc) is 3.05.